The number of hydrogen-bond donors (Lipinski definition) is 0. The first-order chi connectivity index (χ1) is 15.8. The Labute approximate surface area is 189 Å². The van der Waals surface area contributed by atoms with Gasteiger partial charge in [0, 0.05) is 16.8 Å². The molecule has 0 N–H and O–H groups in total. The molecule has 1 heteroatoms. The Morgan fingerprint density at radius 2 is 1.06 bits per heavy atom. The molecule has 0 aliphatic carbocycles. The van der Waals surface area contributed by atoms with Crippen LogP contribution in [0.1, 0.15) is 5.56 Å². The lowest BCUT2D eigenvalue weighted by molar-refractivity contribution is 1.29. The van der Waals surface area contributed by atoms with Crippen LogP contribution in [0.5, 0.6) is 0 Å². The topological polar surface area (TPSA) is 3.24 Å². The second-order valence-corrected chi connectivity index (χ2v) is 7.95. The van der Waals surface area contributed by atoms with E-state index in [0.717, 1.165) is 5.69 Å². The molecule has 0 amide bonds. The van der Waals surface area contributed by atoms with Gasteiger partial charge in [0.15, 0.2) is 0 Å². The van der Waals surface area contributed by atoms with Crippen molar-refractivity contribution in [1.29, 1.82) is 0 Å². The third-order valence-electron chi connectivity index (χ3n) is 6.05. The van der Waals surface area contributed by atoms with Gasteiger partial charge in [-0.2, -0.15) is 0 Å². The van der Waals surface area contributed by atoms with Gasteiger partial charge in [0.1, 0.15) is 0 Å². The van der Waals surface area contributed by atoms with Gasteiger partial charge < -0.3 is 4.90 Å². The minimum Gasteiger partial charge on any atom is -0.310 e. The molecule has 0 aliphatic rings. The molecule has 6 rings (SSSR count). The number of aryl methyl sites for hydroxylation is 1. The van der Waals surface area contributed by atoms with Crippen molar-refractivity contribution in [3.63, 3.8) is 0 Å². The summed E-state index contributed by atoms with van der Waals surface area (Å²) in [5.41, 5.74) is 4.80. The molecule has 0 aliphatic heterocycles. The van der Waals surface area contributed by atoms with E-state index in [0.29, 0.717) is 0 Å². The van der Waals surface area contributed by atoms with Gasteiger partial charge >= 0.3 is 0 Å². The van der Waals surface area contributed by atoms with Gasteiger partial charge in [-0.1, -0.05) is 84.4 Å². The highest BCUT2D eigenvalue weighted by atomic mass is 15.1. The molecule has 1 nitrogen and oxygen atoms in total. The van der Waals surface area contributed by atoms with Gasteiger partial charge in [0.2, 0.25) is 0 Å². The average molecular weight is 412 g/mol. The molecule has 0 fully saturated rings. The van der Waals surface area contributed by atoms with Crippen LogP contribution in [0.15, 0.2) is 122 Å². The molecule has 6 aromatic carbocycles. The summed E-state index contributed by atoms with van der Waals surface area (Å²) >= 11 is 0. The first-order valence-electron chi connectivity index (χ1n) is 10.9. The second kappa shape index (κ2) is 8.20. The van der Waals surface area contributed by atoms with Crippen molar-refractivity contribution in [2.24, 2.45) is 0 Å². The summed E-state index contributed by atoms with van der Waals surface area (Å²) in [6.07, 6.45) is 0. The maximum atomic E-state index is 3.00. The van der Waals surface area contributed by atoms with Crippen molar-refractivity contribution < 1.29 is 0 Å². The molecule has 0 saturated heterocycles. The number of benzene rings is 6. The molecular formula is C31H25N. The Bertz CT molecular complexity index is 1480. The van der Waals surface area contributed by atoms with Crippen LogP contribution in [0.25, 0.3) is 32.3 Å². The van der Waals surface area contributed by atoms with E-state index >= 15 is 0 Å². The van der Waals surface area contributed by atoms with Gasteiger partial charge in [0.25, 0.3) is 0 Å². The zero-order valence-electron chi connectivity index (χ0n) is 18.3. The number of hydrogen-bond acceptors (Lipinski definition) is 1. The first-order valence-corrected chi connectivity index (χ1v) is 10.9. The second-order valence-electron chi connectivity index (χ2n) is 7.95. The van der Waals surface area contributed by atoms with Crippen molar-refractivity contribution in [2.45, 2.75) is 6.92 Å². The molecule has 154 valence electrons. The van der Waals surface area contributed by atoms with Crippen molar-refractivity contribution in [3.8, 4) is 0 Å². The SMILES string of the molecule is C=C.Cc1ccc(N(c2ccccc2)c2ccc3ccc4cccc5ccc2c3c45)cc1. The maximum absolute atomic E-state index is 3.00. The van der Waals surface area contributed by atoms with Crippen LogP contribution in [0.4, 0.5) is 17.1 Å². The summed E-state index contributed by atoms with van der Waals surface area (Å²) in [6, 6.07) is 39.5. The van der Waals surface area contributed by atoms with Gasteiger partial charge in [-0.25, -0.2) is 0 Å². The Morgan fingerprint density at radius 3 is 1.75 bits per heavy atom. The van der Waals surface area contributed by atoms with Crippen LogP contribution in [-0.4, -0.2) is 0 Å². The zero-order chi connectivity index (χ0) is 22.1. The summed E-state index contributed by atoms with van der Waals surface area (Å²) < 4.78 is 0. The van der Waals surface area contributed by atoms with Crippen molar-refractivity contribution in [2.75, 3.05) is 4.90 Å². The van der Waals surface area contributed by atoms with Crippen LogP contribution in [0.2, 0.25) is 0 Å². The quantitative estimate of drug-likeness (QED) is 0.207. The molecule has 6 aromatic rings. The monoisotopic (exact) mass is 411 g/mol. The molecule has 32 heavy (non-hydrogen) atoms. The van der Waals surface area contributed by atoms with E-state index in [2.05, 4.69) is 134 Å². The number of rotatable bonds is 3. The standard InChI is InChI=1S/C29H21N.C2H4/c1-20-10-16-25(17-11-20)30(24-8-3-2-4-9-24)27-19-15-23-13-12-21-6-5-7-22-14-18-26(27)29(23)28(21)22;1-2/h2-19H,1H3;1-2H2. The highest BCUT2D eigenvalue weighted by Gasteiger charge is 2.17. The minimum absolute atomic E-state index is 1.16. The van der Waals surface area contributed by atoms with Crippen molar-refractivity contribution in [3.05, 3.63) is 128 Å². The Hall–Kier alpha value is -4.10. The fourth-order valence-electron chi connectivity index (χ4n) is 4.61. The highest BCUT2D eigenvalue weighted by molar-refractivity contribution is 6.25. The normalized spacial score (nSPS) is 10.9. The summed E-state index contributed by atoms with van der Waals surface area (Å²) in [4.78, 5) is 2.37. The van der Waals surface area contributed by atoms with E-state index in [4.69, 9.17) is 0 Å². The number of anilines is 3. The van der Waals surface area contributed by atoms with E-state index in [1.165, 1.54) is 49.3 Å². The minimum atomic E-state index is 1.16. The van der Waals surface area contributed by atoms with Gasteiger partial charge in [-0.15, -0.1) is 13.2 Å². The fourth-order valence-corrected chi connectivity index (χ4v) is 4.61. The van der Waals surface area contributed by atoms with Gasteiger partial charge in [0.05, 0.1) is 5.69 Å². The van der Waals surface area contributed by atoms with E-state index < -0.39 is 0 Å². The molecule has 0 saturated carbocycles. The summed E-state index contributed by atoms with van der Waals surface area (Å²) in [5, 5.41) is 7.85. The maximum Gasteiger partial charge on any atom is 0.0540 e. The predicted octanol–water partition coefficient (Wildman–Crippen LogP) is 9.16. The van der Waals surface area contributed by atoms with E-state index in [-0.39, 0.29) is 0 Å². The Kier molecular flexibility index (Phi) is 5.09. The van der Waals surface area contributed by atoms with Gasteiger partial charge in [-0.05, 0) is 64.2 Å². The lowest BCUT2D eigenvalue weighted by Gasteiger charge is -2.27. The molecule has 0 unspecified atom stereocenters. The van der Waals surface area contributed by atoms with Crippen molar-refractivity contribution in [1.82, 2.24) is 0 Å². The summed E-state index contributed by atoms with van der Waals surface area (Å²) in [7, 11) is 0. The van der Waals surface area contributed by atoms with Gasteiger partial charge in [-0.3, -0.25) is 0 Å². The largest absolute Gasteiger partial charge is 0.310 e. The average Bonchev–Trinajstić information content (AvgIpc) is 2.86. The molecule has 0 bridgehead atoms. The molecule has 0 atom stereocenters. The first kappa shape index (κ1) is 19.8. The van der Waals surface area contributed by atoms with Crippen LogP contribution in [-0.2, 0) is 0 Å². The van der Waals surface area contributed by atoms with Crippen LogP contribution in [0.3, 0.4) is 0 Å². The third kappa shape index (κ3) is 3.19. The molecular weight excluding hydrogens is 386 g/mol. The zero-order valence-corrected chi connectivity index (χ0v) is 18.3. The molecule has 0 heterocycles. The third-order valence-corrected chi connectivity index (χ3v) is 6.05. The molecule has 0 aromatic heterocycles. The fraction of sp³-hybridized carbons (Fsp3) is 0.0323. The van der Waals surface area contributed by atoms with E-state index in [1.54, 1.807) is 0 Å². The van der Waals surface area contributed by atoms with Crippen LogP contribution >= 0.6 is 0 Å². The Morgan fingerprint density at radius 1 is 0.500 bits per heavy atom. The number of para-hydroxylation sites is 1. The summed E-state index contributed by atoms with van der Waals surface area (Å²) in [5.74, 6) is 0. The molecule has 0 radical (unpaired) electrons. The predicted molar refractivity (Wildman–Crippen MR) is 141 cm³/mol. The van der Waals surface area contributed by atoms with Crippen LogP contribution in [0, 0.1) is 6.92 Å². The van der Waals surface area contributed by atoms with E-state index in [9.17, 15) is 0 Å². The lowest BCUT2D eigenvalue weighted by atomic mass is 9.93. The Balaban J connectivity index is 0.00000105. The van der Waals surface area contributed by atoms with Crippen LogP contribution < -0.4 is 4.90 Å². The van der Waals surface area contributed by atoms with Crippen molar-refractivity contribution >= 4 is 49.4 Å². The highest BCUT2D eigenvalue weighted by Crippen LogP contribution is 2.43. The number of nitrogens with zero attached hydrogens (tertiary/aromatic N) is 1. The van der Waals surface area contributed by atoms with E-state index in [1.807, 2.05) is 0 Å². The lowest BCUT2D eigenvalue weighted by Crippen LogP contribution is -2.10. The summed E-state index contributed by atoms with van der Waals surface area (Å²) in [6.45, 7) is 8.13. The molecule has 0 spiro atoms. The smallest absolute Gasteiger partial charge is 0.0540 e.